The van der Waals surface area contributed by atoms with E-state index in [-0.39, 0.29) is 30.2 Å². The lowest BCUT2D eigenvalue weighted by Gasteiger charge is -2.18. The van der Waals surface area contributed by atoms with Gasteiger partial charge in [-0.1, -0.05) is 15.9 Å². The topological polar surface area (TPSA) is 111 Å². The molecule has 0 aliphatic rings. The van der Waals surface area contributed by atoms with Crippen molar-refractivity contribution >= 4 is 39.1 Å². The first-order chi connectivity index (χ1) is 14.2. The Morgan fingerprint density at radius 2 is 1.93 bits per heavy atom. The number of halogens is 1. The molecule has 0 fully saturated rings. The second kappa shape index (κ2) is 10.1. The first kappa shape index (κ1) is 23.1. The highest BCUT2D eigenvalue weighted by Gasteiger charge is 2.27. The number of carbonyl (C=O) groups excluding carboxylic acids is 2. The van der Waals surface area contributed by atoms with Gasteiger partial charge in [0.2, 0.25) is 5.91 Å². The van der Waals surface area contributed by atoms with E-state index in [4.69, 9.17) is 9.47 Å². The number of hydrogen-bond acceptors (Lipinski definition) is 6. The van der Waals surface area contributed by atoms with Gasteiger partial charge in [0.25, 0.3) is 11.6 Å². The van der Waals surface area contributed by atoms with E-state index < -0.39 is 22.4 Å². The number of benzene rings is 2. The standard InChI is InChI=1S/C20H22BrN3O6/c1-5-30-18-10-16(24(27)28)14(9-17(18)29-4)20(26)23(3)11-19(25)22-15-7-6-13(21)8-12(15)2/h6-10H,5,11H2,1-4H3,(H,22,25). The zero-order chi connectivity index (χ0) is 22.4. The monoisotopic (exact) mass is 479 g/mol. The van der Waals surface area contributed by atoms with Gasteiger partial charge in [0.05, 0.1) is 31.3 Å². The third-order valence-electron chi connectivity index (χ3n) is 4.20. The summed E-state index contributed by atoms with van der Waals surface area (Å²) in [5.41, 5.74) is 0.826. The predicted octanol–water partition coefficient (Wildman–Crippen LogP) is 3.78. The fourth-order valence-corrected chi connectivity index (χ4v) is 3.22. The van der Waals surface area contributed by atoms with Crippen molar-refractivity contribution in [3.8, 4) is 11.5 Å². The maximum absolute atomic E-state index is 12.8. The highest BCUT2D eigenvalue weighted by molar-refractivity contribution is 9.10. The van der Waals surface area contributed by atoms with Gasteiger partial charge in [0.15, 0.2) is 11.5 Å². The number of rotatable bonds is 8. The minimum absolute atomic E-state index is 0.161. The molecule has 10 heteroatoms. The molecule has 2 rings (SSSR count). The van der Waals surface area contributed by atoms with Crippen LogP contribution in [0.4, 0.5) is 11.4 Å². The molecule has 0 heterocycles. The van der Waals surface area contributed by atoms with Gasteiger partial charge in [-0.15, -0.1) is 0 Å². The molecule has 30 heavy (non-hydrogen) atoms. The van der Waals surface area contributed by atoms with E-state index in [1.807, 2.05) is 13.0 Å². The van der Waals surface area contributed by atoms with Crippen LogP contribution in [0.15, 0.2) is 34.8 Å². The molecule has 2 aromatic rings. The van der Waals surface area contributed by atoms with E-state index in [0.29, 0.717) is 5.69 Å². The summed E-state index contributed by atoms with van der Waals surface area (Å²) in [5, 5.41) is 14.2. The van der Waals surface area contributed by atoms with Crippen molar-refractivity contribution in [1.29, 1.82) is 0 Å². The molecule has 0 bridgehead atoms. The summed E-state index contributed by atoms with van der Waals surface area (Å²) in [6.45, 7) is 3.55. The van der Waals surface area contributed by atoms with Crippen LogP contribution in [0.1, 0.15) is 22.8 Å². The van der Waals surface area contributed by atoms with Crippen molar-refractivity contribution in [3.63, 3.8) is 0 Å². The Bertz CT molecular complexity index is 979. The molecule has 9 nitrogen and oxygen atoms in total. The number of likely N-dealkylation sites (N-methyl/N-ethyl adjacent to an activating group) is 1. The van der Waals surface area contributed by atoms with Crippen molar-refractivity contribution < 1.29 is 24.0 Å². The molecule has 2 aromatic carbocycles. The van der Waals surface area contributed by atoms with Gasteiger partial charge in [-0.25, -0.2) is 0 Å². The number of anilines is 1. The number of aryl methyl sites for hydroxylation is 1. The highest BCUT2D eigenvalue weighted by atomic mass is 79.9. The molecule has 160 valence electrons. The number of carbonyl (C=O) groups is 2. The van der Waals surface area contributed by atoms with Gasteiger partial charge >= 0.3 is 0 Å². The highest BCUT2D eigenvalue weighted by Crippen LogP contribution is 2.35. The number of hydrogen-bond donors (Lipinski definition) is 1. The van der Waals surface area contributed by atoms with Crippen LogP contribution < -0.4 is 14.8 Å². The summed E-state index contributed by atoms with van der Waals surface area (Å²) >= 11 is 3.35. The number of ether oxygens (including phenoxy) is 2. The lowest BCUT2D eigenvalue weighted by atomic mass is 10.1. The van der Waals surface area contributed by atoms with Gasteiger partial charge in [-0.05, 0) is 37.6 Å². The molecule has 0 saturated carbocycles. The van der Waals surface area contributed by atoms with Crippen LogP contribution in [0.2, 0.25) is 0 Å². The third-order valence-corrected chi connectivity index (χ3v) is 4.69. The summed E-state index contributed by atoms with van der Waals surface area (Å²) in [6.07, 6.45) is 0. The van der Waals surface area contributed by atoms with Crippen LogP contribution in [0.5, 0.6) is 11.5 Å². The van der Waals surface area contributed by atoms with Crippen molar-refractivity contribution in [3.05, 3.63) is 56.0 Å². The molecule has 0 aliphatic carbocycles. The van der Waals surface area contributed by atoms with Crippen LogP contribution in [-0.4, -0.2) is 48.9 Å². The average Bonchev–Trinajstić information content (AvgIpc) is 2.69. The summed E-state index contributed by atoms with van der Waals surface area (Å²) in [7, 11) is 2.76. The predicted molar refractivity (Wildman–Crippen MR) is 115 cm³/mol. The number of nitrogens with zero attached hydrogens (tertiary/aromatic N) is 2. The van der Waals surface area contributed by atoms with Crippen LogP contribution >= 0.6 is 15.9 Å². The van der Waals surface area contributed by atoms with Crippen molar-refractivity contribution in [1.82, 2.24) is 4.90 Å². The van der Waals surface area contributed by atoms with Crippen LogP contribution in [0.3, 0.4) is 0 Å². The zero-order valence-corrected chi connectivity index (χ0v) is 18.6. The summed E-state index contributed by atoms with van der Waals surface area (Å²) in [4.78, 5) is 37.1. The zero-order valence-electron chi connectivity index (χ0n) is 17.0. The smallest absolute Gasteiger partial charge is 0.286 e. The fourth-order valence-electron chi connectivity index (χ4n) is 2.75. The lowest BCUT2D eigenvalue weighted by Crippen LogP contribution is -2.35. The minimum Gasteiger partial charge on any atom is -0.493 e. The van der Waals surface area contributed by atoms with Crippen molar-refractivity contribution in [2.45, 2.75) is 13.8 Å². The Morgan fingerprint density at radius 1 is 1.23 bits per heavy atom. The molecular formula is C20H22BrN3O6. The van der Waals surface area contributed by atoms with Gasteiger partial charge < -0.3 is 19.7 Å². The average molecular weight is 480 g/mol. The Labute approximate surface area is 182 Å². The Hall–Kier alpha value is -3.14. The molecule has 0 unspecified atom stereocenters. The SMILES string of the molecule is CCOc1cc([N+](=O)[O-])c(C(=O)N(C)CC(=O)Nc2ccc(Br)cc2C)cc1OC. The fraction of sp³-hybridized carbons (Fsp3) is 0.300. The molecule has 0 saturated heterocycles. The molecule has 2 amide bonds. The van der Waals surface area contributed by atoms with Gasteiger partial charge in [0.1, 0.15) is 5.56 Å². The van der Waals surface area contributed by atoms with E-state index in [1.54, 1.807) is 19.1 Å². The van der Waals surface area contributed by atoms with Crippen LogP contribution in [0.25, 0.3) is 0 Å². The molecule has 1 N–H and O–H groups in total. The number of nitro groups is 1. The quantitative estimate of drug-likeness (QED) is 0.455. The minimum atomic E-state index is -0.689. The summed E-state index contributed by atoms with van der Waals surface area (Å²) in [6, 6.07) is 7.77. The third kappa shape index (κ3) is 5.47. The van der Waals surface area contributed by atoms with Crippen molar-refractivity contribution in [2.75, 3.05) is 32.6 Å². The van der Waals surface area contributed by atoms with Crippen LogP contribution in [-0.2, 0) is 4.79 Å². The maximum atomic E-state index is 12.8. The molecule has 0 spiro atoms. The van der Waals surface area contributed by atoms with E-state index in [0.717, 1.165) is 21.0 Å². The maximum Gasteiger partial charge on any atom is 0.286 e. The second-order valence-electron chi connectivity index (χ2n) is 6.38. The number of nitrogens with one attached hydrogen (secondary N) is 1. The number of methoxy groups -OCH3 is 1. The van der Waals surface area contributed by atoms with E-state index >= 15 is 0 Å². The largest absolute Gasteiger partial charge is 0.493 e. The molecular weight excluding hydrogens is 458 g/mol. The van der Waals surface area contributed by atoms with Crippen LogP contribution in [0, 0.1) is 17.0 Å². The number of amides is 2. The second-order valence-corrected chi connectivity index (χ2v) is 7.29. The molecule has 0 radical (unpaired) electrons. The molecule has 0 atom stereocenters. The summed E-state index contributed by atoms with van der Waals surface area (Å²) < 4.78 is 11.4. The Morgan fingerprint density at radius 3 is 2.50 bits per heavy atom. The van der Waals surface area contributed by atoms with Crippen molar-refractivity contribution in [2.24, 2.45) is 0 Å². The van der Waals surface area contributed by atoms with E-state index in [1.165, 1.54) is 20.2 Å². The number of nitro benzene ring substituents is 1. The first-order valence-corrected chi connectivity index (χ1v) is 9.77. The van der Waals surface area contributed by atoms with E-state index in [2.05, 4.69) is 21.2 Å². The van der Waals surface area contributed by atoms with Gasteiger partial charge in [-0.2, -0.15) is 0 Å². The molecule has 0 aliphatic heterocycles. The van der Waals surface area contributed by atoms with Gasteiger partial charge in [-0.3, -0.25) is 19.7 Å². The lowest BCUT2D eigenvalue weighted by molar-refractivity contribution is -0.385. The normalized spacial score (nSPS) is 10.3. The summed E-state index contributed by atoms with van der Waals surface area (Å²) in [5.74, 6) is -0.772. The van der Waals surface area contributed by atoms with Gasteiger partial charge in [0, 0.05) is 23.3 Å². The van der Waals surface area contributed by atoms with E-state index in [9.17, 15) is 19.7 Å². The Kier molecular flexibility index (Phi) is 7.76. The molecule has 0 aromatic heterocycles. The Balaban J connectivity index is 2.23. The first-order valence-electron chi connectivity index (χ1n) is 8.98.